The zero-order chi connectivity index (χ0) is 24.6. The van der Waals surface area contributed by atoms with Crippen LogP contribution in [-0.2, 0) is 28.9 Å². The predicted molar refractivity (Wildman–Crippen MR) is 134 cm³/mol. The van der Waals surface area contributed by atoms with Gasteiger partial charge in [0.15, 0.2) is 0 Å². The second-order valence-corrected chi connectivity index (χ2v) is 10.3. The summed E-state index contributed by atoms with van der Waals surface area (Å²) in [4.78, 5) is 25.2. The minimum Gasteiger partial charge on any atom is -0.324 e. The molecule has 176 valence electrons. The Hall–Kier alpha value is -3.56. The molecule has 0 aliphatic heterocycles. The van der Waals surface area contributed by atoms with Crippen LogP contribution in [0, 0.1) is 6.92 Å². The standard InChI is InChI=1S/C24H23ClN4O4S/c1-16-4-9-19(10-5-16)29(34(32,33)20-11-6-17(25)7-12-20)15-23(30)26-18-8-13-21-22(14-18)28(3)24(31)27(21)2/h4-14H,15H2,1-3H3,(H,26,30). The van der Waals surface area contributed by atoms with Gasteiger partial charge in [-0.1, -0.05) is 29.3 Å². The topological polar surface area (TPSA) is 93.4 Å². The Morgan fingerprint density at radius 3 is 2.21 bits per heavy atom. The van der Waals surface area contributed by atoms with Crippen LogP contribution in [0.3, 0.4) is 0 Å². The van der Waals surface area contributed by atoms with Crippen molar-refractivity contribution in [1.29, 1.82) is 0 Å². The molecule has 8 nitrogen and oxygen atoms in total. The van der Waals surface area contributed by atoms with E-state index in [9.17, 15) is 18.0 Å². The average molecular weight is 499 g/mol. The zero-order valence-electron chi connectivity index (χ0n) is 18.8. The van der Waals surface area contributed by atoms with Gasteiger partial charge < -0.3 is 5.32 Å². The molecule has 10 heteroatoms. The number of fused-ring (bicyclic) bond motifs is 1. The van der Waals surface area contributed by atoms with Crippen molar-refractivity contribution in [3.05, 3.63) is 87.8 Å². The molecule has 1 aromatic heterocycles. The summed E-state index contributed by atoms with van der Waals surface area (Å²) in [7, 11) is -0.732. The first-order valence-electron chi connectivity index (χ1n) is 10.4. The maximum Gasteiger partial charge on any atom is 0.328 e. The summed E-state index contributed by atoms with van der Waals surface area (Å²) in [5, 5.41) is 3.15. The molecule has 0 saturated heterocycles. The van der Waals surface area contributed by atoms with Crippen molar-refractivity contribution in [2.24, 2.45) is 14.1 Å². The van der Waals surface area contributed by atoms with Crippen LogP contribution in [0.4, 0.5) is 11.4 Å². The van der Waals surface area contributed by atoms with E-state index < -0.39 is 22.5 Å². The molecule has 34 heavy (non-hydrogen) atoms. The van der Waals surface area contributed by atoms with E-state index in [2.05, 4.69) is 5.32 Å². The number of rotatable bonds is 6. The Kier molecular flexibility index (Phi) is 6.24. The monoisotopic (exact) mass is 498 g/mol. The highest BCUT2D eigenvalue weighted by molar-refractivity contribution is 7.92. The number of sulfonamides is 1. The number of anilines is 2. The number of hydrogen-bond acceptors (Lipinski definition) is 4. The van der Waals surface area contributed by atoms with Crippen LogP contribution in [0.25, 0.3) is 11.0 Å². The first kappa shape index (κ1) is 23.6. The molecule has 0 unspecified atom stereocenters. The fourth-order valence-corrected chi connectivity index (χ4v) is 5.22. The van der Waals surface area contributed by atoms with Gasteiger partial charge in [0.2, 0.25) is 5.91 Å². The highest BCUT2D eigenvalue weighted by Crippen LogP contribution is 2.25. The van der Waals surface area contributed by atoms with Crippen LogP contribution >= 0.6 is 11.6 Å². The van der Waals surface area contributed by atoms with E-state index in [4.69, 9.17) is 11.6 Å². The van der Waals surface area contributed by atoms with Crippen molar-refractivity contribution in [2.75, 3.05) is 16.2 Å². The van der Waals surface area contributed by atoms with Gasteiger partial charge in [0.25, 0.3) is 10.0 Å². The Labute approximate surface area is 202 Å². The van der Waals surface area contributed by atoms with E-state index in [0.29, 0.717) is 21.9 Å². The molecule has 0 atom stereocenters. The van der Waals surface area contributed by atoms with Crippen molar-refractivity contribution in [1.82, 2.24) is 9.13 Å². The third-order valence-electron chi connectivity index (χ3n) is 5.57. The number of aromatic nitrogens is 2. The summed E-state index contributed by atoms with van der Waals surface area (Å²) < 4.78 is 30.9. The number of carbonyl (C=O) groups is 1. The van der Waals surface area contributed by atoms with Crippen LogP contribution < -0.4 is 15.3 Å². The van der Waals surface area contributed by atoms with Crippen molar-refractivity contribution in [2.45, 2.75) is 11.8 Å². The third-order valence-corrected chi connectivity index (χ3v) is 7.61. The Bertz CT molecular complexity index is 1540. The summed E-state index contributed by atoms with van der Waals surface area (Å²) in [6.07, 6.45) is 0. The molecule has 0 aliphatic carbocycles. The van der Waals surface area contributed by atoms with E-state index in [1.807, 2.05) is 6.92 Å². The molecule has 0 fully saturated rings. The lowest BCUT2D eigenvalue weighted by Crippen LogP contribution is -2.38. The van der Waals surface area contributed by atoms with Gasteiger partial charge in [-0.05, 0) is 61.5 Å². The van der Waals surface area contributed by atoms with Crippen molar-refractivity contribution in [3.8, 4) is 0 Å². The summed E-state index contributed by atoms with van der Waals surface area (Å²) >= 11 is 5.92. The first-order chi connectivity index (χ1) is 16.1. The summed E-state index contributed by atoms with van der Waals surface area (Å²) in [6, 6.07) is 17.7. The molecule has 0 spiro atoms. The molecule has 3 aromatic carbocycles. The van der Waals surface area contributed by atoms with E-state index in [1.54, 1.807) is 56.6 Å². The van der Waals surface area contributed by atoms with Crippen LogP contribution in [0.5, 0.6) is 0 Å². The fraction of sp³-hybridized carbons (Fsp3) is 0.167. The van der Waals surface area contributed by atoms with Crippen molar-refractivity contribution < 1.29 is 13.2 Å². The van der Waals surface area contributed by atoms with Gasteiger partial charge in [0.1, 0.15) is 6.54 Å². The van der Waals surface area contributed by atoms with E-state index in [0.717, 1.165) is 15.4 Å². The number of nitrogens with one attached hydrogen (secondary N) is 1. The predicted octanol–water partition coefficient (Wildman–Crippen LogP) is 3.67. The van der Waals surface area contributed by atoms with Gasteiger partial charge in [-0.2, -0.15) is 0 Å². The molecular formula is C24H23ClN4O4S. The van der Waals surface area contributed by atoms with Crippen LogP contribution in [0.15, 0.2) is 76.4 Å². The minimum absolute atomic E-state index is 0.0194. The van der Waals surface area contributed by atoms with Gasteiger partial charge in [0.05, 0.1) is 21.6 Å². The smallest absolute Gasteiger partial charge is 0.324 e. The molecule has 4 aromatic rings. The highest BCUT2D eigenvalue weighted by Gasteiger charge is 2.27. The largest absolute Gasteiger partial charge is 0.328 e. The number of hydrogen-bond donors (Lipinski definition) is 1. The van der Waals surface area contributed by atoms with E-state index >= 15 is 0 Å². The number of nitrogens with zero attached hydrogens (tertiary/aromatic N) is 3. The molecule has 0 saturated carbocycles. The number of halogens is 1. The first-order valence-corrected chi connectivity index (χ1v) is 12.2. The van der Waals surface area contributed by atoms with Gasteiger partial charge in [0, 0.05) is 24.8 Å². The second kappa shape index (κ2) is 9.00. The van der Waals surface area contributed by atoms with E-state index in [-0.39, 0.29) is 10.6 Å². The van der Waals surface area contributed by atoms with Gasteiger partial charge >= 0.3 is 5.69 Å². The molecule has 0 radical (unpaired) electrons. The Morgan fingerprint density at radius 1 is 0.941 bits per heavy atom. The number of carbonyl (C=O) groups excluding carboxylic acids is 1. The number of amides is 1. The number of imidazole rings is 1. The van der Waals surface area contributed by atoms with E-state index in [1.165, 1.54) is 33.4 Å². The maximum atomic E-state index is 13.4. The lowest BCUT2D eigenvalue weighted by molar-refractivity contribution is -0.114. The van der Waals surface area contributed by atoms with Crippen LogP contribution in [0.2, 0.25) is 5.02 Å². The molecule has 1 heterocycles. The summed E-state index contributed by atoms with van der Waals surface area (Å²) in [6.45, 7) is 1.45. The average Bonchev–Trinajstić information content (AvgIpc) is 3.02. The number of aryl methyl sites for hydroxylation is 3. The molecule has 0 aliphatic rings. The van der Waals surface area contributed by atoms with Crippen molar-refractivity contribution >= 4 is 49.9 Å². The zero-order valence-corrected chi connectivity index (χ0v) is 20.4. The lowest BCUT2D eigenvalue weighted by atomic mass is 10.2. The minimum atomic E-state index is -4.05. The normalized spacial score (nSPS) is 11.5. The van der Waals surface area contributed by atoms with Gasteiger partial charge in [-0.3, -0.25) is 18.2 Å². The van der Waals surface area contributed by atoms with Gasteiger partial charge in [-0.25, -0.2) is 13.2 Å². The third kappa shape index (κ3) is 4.44. The Morgan fingerprint density at radius 2 is 1.56 bits per heavy atom. The molecule has 4 rings (SSSR count). The number of benzene rings is 3. The molecule has 1 N–H and O–H groups in total. The lowest BCUT2D eigenvalue weighted by Gasteiger charge is -2.24. The molecule has 1 amide bonds. The van der Waals surface area contributed by atoms with Gasteiger partial charge in [-0.15, -0.1) is 0 Å². The fourth-order valence-electron chi connectivity index (χ4n) is 3.68. The summed E-state index contributed by atoms with van der Waals surface area (Å²) in [5.74, 6) is -0.529. The van der Waals surface area contributed by atoms with Crippen molar-refractivity contribution in [3.63, 3.8) is 0 Å². The van der Waals surface area contributed by atoms with Crippen LogP contribution in [0.1, 0.15) is 5.56 Å². The second-order valence-electron chi connectivity index (χ2n) is 7.95. The Balaban J connectivity index is 1.66. The summed E-state index contributed by atoms with van der Waals surface area (Å²) in [5.41, 5.74) is 2.95. The molecular weight excluding hydrogens is 476 g/mol. The van der Waals surface area contributed by atoms with Crippen LogP contribution in [-0.4, -0.2) is 30.0 Å². The quantitative estimate of drug-likeness (QED) is 0.439. The molecule has 0 bridgehead atoms. The SMILES string of the molecule is Cc1ccc(N(CC(=O)Nc2ccc3c(c2)n(C)c(=O)n3C)S(=O)(=O)c2ccc(Cl)cc2)cc1. The highest BCUT2D eigenvalue weighted by atomic mass is 35.5. The maximum absolute atomic E-state index is 13.4.